The monoisotopic (exact) mass is 229 g/mol. The van der Waals surface area contributed by atoms with Crippen molar-refractivity contribution in [2.75, 3.05) is 23.9 Å². The van der Waals surface area contributed by atoms with Crippen LogP contribution in [0.15, 0.2) is 29.4 Å². The molecule has 0 aliphatic carbocycles. The number of nitriles is 2. The van der Waals surface area contributed by atoms with E-state index in [1.165, 1.54) is 0 Å². The number of hydrogen-bond acceptors (Lipinski definition) is 6. The van der Waals surface area contributed by atoms with Crippen LogP contribution in [-0.4, -0.2) is 24.0 Å². The minimum absolute atomic E-state index is 0.0675. The summed E-state index contributed by atoms with van der Waals surface area (Å²) in [4.78, 5) is 0. The first kappa shape index (κ1) is 12.5. The molecule has 0 aromatic heterocycles. The maximum absolute atomic E-state index is 8.63. The molecule has 0 saturated carbocycles. The molecule has 0 radical (unpaired) electrons. The lowest BCUT2D eigenvalue weighted by Gasteiger charge is -2.05. The number of anilines is 2. The summed E-state index contributed by atoms with van der Waals surface area (Å²) < 4.78 is 0. The van der Waals surface area contributed by atoms with Crippen molar-refractivity contribution in [3.63, 3.8) is 0 Å². The van der Waals surface area contributed by atoms with E-state index in [1.54, 1.807) is 36.4 Å². The predicted molar refractivity (Wildman–Crippen MR) is 64.3 cm³/mol. The van der Waals surface area contributed by atoms with Gasteiger partial charge in [-0.2, -0.15) is 15.6 Å². The molecule has 0 spiro atoms. The molecular formula is C11H11N5O. The first-order chi connectivity index (χ1) is 8.30. The molecule has 86 valence electrons. The second-order valence-electron chi connectivity index (χ2n) is 3.02. The molecule has 6 nitrogen and oxygen atoms in total. The number of nitrogens with one attached hydrogen (secondary N) is 2. The van der Waals surface area contributed by atoms with E-state index in [2.05, 4.69) is 15.8 Å². The van der Waals surface area contributed by atoms with Gasteiger partial charge in [-0.1, -0.05) is 0 Å². The second-order valence-corrected chi connectivity index (χ2v) is 3.02. The number of aliphatic hydroxyl groups excluding tert-OH is 1. The third kappa shape index (κ3) is 4.20. The SMILES string of the molecule is N#CC(C#N)=NNc1ccc(NCCO)cc1. The fourth-order valence-electron chi connectivity index (χ4n) is 1.06. The summed E-state index contributed by atoms with van der Waals surface area (Å²) in [6, 6.07) is 10.4. The summed E-state index contributed by atoms with van der Waals surface area (Å²) >= 11 is 0. The van der Waals surface area contributed by atoms with Gasteiger partial charge in [-0.25, -0.2) is 0 Å². The Morgan fingerprint density at radius 2 is 1.76 bits per heavy atom. The van der Waals surface area contributed by atoms with Crippen molar-refractivity contribution in [3.05, 3.63) is 24.3 Å². The van der Waals surface area contributed by atoms with Gasteiger partial charge in [0.15, 0.2) is 0 Å². The standard InChI is InChI=1S/C11H11N5O/c12-7-11(8-13)16-15-10-3-1-9(2-4-10)14-5-6-17/h1-4,14-15,17H,5-6H2. The van der Waals surface area contributed by atoms with Gasteiger partial charge >= 0.3 is 0 Å². The van der Waals surface area contributed by atoms with Crippen LogP contribution in [0, 0.1) is 22.7 Å². The smallest absolute Gasteiger partial charge is 0.237 e. The van der Waals surface area contributed by atoms with Gasteiger partial charge in [0.1, 0.15) is 12.1 Å². The summed E-state index contributed by atoms with van der Waals surface area (Å²) in [5.41, 5.74) is 3.91. The van der Waals surface area contributed by atoms with E-state index in [-0.39, 0.29) is 12.3 Å². The van der Waals surface area contributed by atoms with Crippen LogP contribution in [0.3, 0.4) is 0 Å². The summed E-state index contributed by atoms with van der Waals surface area (Å²) in [5, 5.41) is 32.2. The Morgan fingerprint density at radius 3 is 2.29 bits per heavy atom. The highest BCUT2D eigenvalue weighted by Gasteiger charge is 1.95. The zero-order chi connectivity index (χ0) is 12.5. The molecule has 1 rings (SSSR count). The molecular weight excluding hydrogens is 218 g/mol. The van der Waals surface area contributed by atoms with Crippen molar-refractivity contribution in [3.8, 4) is 12.1 Å². The number of hydrogen-bond donors (Lipinski definition) is 3. The molecule has 0 aliphatic rings. The number of benzene rings is 1. The van der Waals surface area contributed by atoms with E-state index in [9.17, 15) is 0 Å². The molecule has 1 aromatic carbocycles. The lowest BCUT2D eigenvalue weighted by molar-refractivity contribution is 0.311. The number of nitrogens with zero attached hydrogens (tertiary/aromatic N) is 3. The molecule has 6 heteroatoms. The van der Waals surface area contributed by atoms with E-state index in [0.717, 1.165) is 5.69 Å². The number of aliphatic hydroxyl groups is 1. The van der Waals surface area contributed by atoms with Crippen LogP contribution in [0.1, 0.15) is 0 Å². The summed E-state index contributed by atoms with van der Waals surface area (Å²) in [7, 11) is 0. The van der Waals surface area contributed by atoms with Crippen LogP contribution in [0.2, 0.25) is 0 Å². The Hall–Kier alpha value is -2.57. The van der Waals surface area contributed by atoms with E-state index < -0.39 is 0 Å². The van der Waals surface area contributed by atoms with Gasteiger partial charge in [-0.05, 0) is 24.3 Å². The molecule has 0 amide bonds. The first-order valence-electron chi connectivity index (χ1n) is 4.89. The van der Waals surface area contributed by atoms with E-state index in [0.29, 0.717) is 12.2 Å². The Bertz CT molecular complexity index is 450. The van der Waals surface area contributed by atoms with Crippen LogP contribution in [0.25, 0.3) is 0 Å². The van der Waals surface area contributed by atoms with E-state index in [1.807, 2.05) is 0 Å². The maximum Gasteiger partial charge on any atom is 0.237 e. The third-order valence-electron chi connectivity index (χ3n) is 1.83. The van der Waals surface area contributed by atoms with Crippen molar-refractivity contribution in [2.45, 2.75) is 0 Å². The van der Waals surface area contributed by atoms with Crippen LogP contribution in [-0.2, 0) is 0 Å². The van der Waals surface area contributed by atoms with E-state index >= 15 is 0 Å². The van der Waals surface area contributed by atoms with Crippen LogP contribution in [0.5, 0.6) is 0 Å². The molecule has 1 aromatic rings. The van der Waals surface area contributed by atoms with Crippen molar-refractivity contribution < 1.29 is 5.11 Å². The Morgan fingerprint density at radius 1 is 1.18 bits per heavy atom. The summed E-state index contributed by atoms with van der Waals surface area (Å²) in [5.74, 6) is 0. The fraction of sp³-hybridized carbons (Fsp3) is 0.182. The van der Waals surface area contributed by atoms with Crippen LogP contribution < -0.4 is 10.7 Å². The molecule has 0 aliphatic heterocycles. The lowest BCUT2D eigenvalue weighted by atomic mass is 10.3. The second kappa shape index (κ2) is 6.83. The summed E-state index contributed by atoms with van der Waals surface area (Å²) in [6.07, 6.45) is 0. The first-order valence-corrected chi connectivity index (χ1v) is 4.89. The van der Waals surface area contributed by atoms with Gasteiger partial charge in [0.2, 0.25) is 5.71 Å². The van der Waals surface area contributed by atoms with Gasteiger partial charge in [0.05, 0.1) is 12.3 Å². The average Bonchev–Trinajstić information content (AvgIpc) is 2.39. The summed E-state index contributed by atoms with van der Waals surface area (Å²) in [6.45, 7) is 0.552. The Balaban J connectivity index is 2.61. The highest BCUT2D eigenvalue weighted by molar-refractivity contribution is 6.10. The van der Waals surface area contributed by atoms with Crippen molar-refractivity contribution in [1.82, 2.24) is 0 Å². The normalized spacial score (nSPS) is 8.65. The van der Waals surface area contributed by atoms with E-state index in [4.69, 9.17) is 15.6 Å². The lowest BCUT2D eigenvalue weighted by Crippen LogP contribution is -2.05. The Kier molecular flexibility index (Phi) is 5.02. The molecule has 0 fully saturated rings. The highest BCUT2D eigenvalue weighted by Crippen LogP contribution is 2.13. The fourth-order valence-corrected chi connectivity index (χ4v) is 1.06. The Labute approximate surface area is 98.8 Å². The van der Waals surface area contributed by atoms with Gasteiger partial charge in [-0.3, -0.25) is 5.43 Å². The molecule has 17 heavy (non-hydrogen) atoms. The minimum Gasteiger partial charge on any atom is -0.395 e. The molecule has 0 unspecified atom stereocenters. The topological polar surface area (TPSA) is 104 Å². The van der Waals surface area contributed by atoms with Gasteiger partial charge < -0.3 is 10.4 Å². The molecule has 0 saturated heterocycles. The molecule has 0 heterocycles. The largest absolute Gasteiger partial charge is 0.395 e. The third-order valence-corrected chi connectivity index (χ3v) is 1.83. The minimum atomic E-state index is -0.229. The molecule has 0 bridgehead atoms. The zero-order valence-corrected chi connectivity index (χ0v) is 9.01. The van der Waals surface area contributed by atoms with Crippen molar-refractivity contribution in [1.29, 1.82) is 10.5 Å². The van der Waals surface area contributed by atoms with Crippen LogP contribution >= 0.6 is 0 Å². The quantitative estimate of drug-likeness (QED) is 0.514. The van der Waals surface area contributed by atoms with Crippen LogP contribution in [0.4, 0.5) is 11.4 Å². The predicted octanol–water partition coefficient (Wildman–Crippen LogP) is 0.906. The van der Waals surface area contributed by atoms with Gasteiger partial charge in [0.25, 0.3) is 0 Å². The molecule has 3 N–H and O–H groups in total. The van der Waals surface area contributed by atoms with Crippen molar-refractivity contribution in [2.24, 2.45) is 5.10 Å². The highest BCUT2D eigenvalue weighted by atomic mass is 16.3. The van der Waals surface area contributed by atoms with Gasteiger partial charge in [0, 0.05) is 12.2 Å². The maximum atomic E-state index is 8.63. The van der Waals surface area contributed by atoms with Gasteiger partial charge in [-0.15, -0.1) is 0 Å². The zero-order valence-electron chi connectivity index (χ0n) is 9.01. The number of rotatable bonds is 5. The number of hydrazone groups is 1. The molecule has 0 atom stereocenters. The average molecular weight is 229 g/mol. The van der Waals surface area contributed by atoms with Crippen molar-refractivity contribution >= 4 is 17.1 Å².